The number of likely N-dealkylation sites (N-methyl/N-ethyl adjacent to an activating group) is 1. The van der Waals surface area contributed by atoms with Crippen LogP contribution in [0.3, 0.4) is 0 Å². The molecule has 0 spiro atoms. The third kappa shape index (κ3) is 2.81. The molecule has 0 bridgehead atoms. The first kappa shape index (κ1) is 12.7. The van der Waals surface area contributed by atoms with Crippen molar-refractivity contribution in [1.82, 2.24) is 4.90 Å². The summed E-state index contributed by atoms with van der Waals surface area (Å²) >= 11 is 0. The lowest BCUT2D eigenvalue weighted by Gasteiger charge is -2.22. The van der Waals surface area contributed by atoms with Crippen LogP contribution >= 0.6 is 0 Å². The summed E-state index contributed by atoms with van der Waals surface area (Å²) in [4.78, 5) is 12.9. The van der Waals surface area contributed by atoms with Gasteiger partial charge in [0.2, 0.25) is 0 Å². The number of carboxylic acids is 1. The first-order valence-electron chi connectivity index (χ1n) is 5.04. The summed E-state index contributed by atoms with van der Waals surface area (Å²) in [6.07, 6.45) is 0. The summed E-state index contributed by atoms with van der Waals surface area (Å²) in [5, 5.41) is 9.21. The Balaban J connectivity index is 3.12. The van der Waals surface area contributed by atoms with Crippen LogP contribution in [0.2, 0.25) is 0 Å². The molecular formula is C12H17NO3. The van der Waals surface area contributed by atoms with Crippen molar-refractivity contribution in [2.24, 2.45) is 0 Å². The van der Waals surface area contributed by atoms with E-state index in [-0.39, 0.29) is 0 Å². The van der Waals surface area contributed by atoms with Gasteiger partial charge >= 0.3 is 5.97 Å². The van der Waals surface area contributed by atoms with Crippen LogP contribution < -0.4 is 0 Å². The molecule has 0 aromatic heterocycles. The van der Waals surface area contributed by atoms with E-state index >= 15 is 0 Å². The van der Waals surface area contributed by atoms with E-state index in [1.54, 1.807) is 26.1 Å². The highest BCUT2D eigenvalue weighted by atomic mass is 16.5. The van der Waals surface area contributed by atoms with Crippen molar-refractivity contribution in [1.29, 1.82) is 0 Å². The third-order valence-corrected chi connectivity index (χ3v) is 2.40. The Bertz CT molecular complexity index is 363. The van der Waals surface area contributed by atoms with Gasteiger partial charge in [-0.3, -0.25) is 9.69 Å². The van der Waals surface area contributed by atoms with E-state index in [1.165, 1.54) is 0 Å². The van der Waals surface area contributed by atoms with Gasteiger partial charge in [-0.2, -0.15) is 0 Å². The van der Waals surface area contributed by atoms with Crippen molar-refractivity contribution in [2.75, 3.05) is 21.2 Å². The van der Waals surface area contributed by atoms with Crippen LogP contribution in [0.15, 0.2) is 24.3 Å². The van der Waals surface area contributed by atoms with Gasteiger partial charge < -0.3 is 9.84 Å². The van der Waals surface area contributed by atoms with Crippen molar-refractivity contribution < 1.29 is 14.6 Å². The molecule has 0 aliphatic carbocycles. The highest BCUT2D eigenvalue weighted by molar-refractivity contribution is 5.76. The zero-order valence-corrected chi connectivity index (χ0v) is 9.80. The van der Waals surface area contributed by atoms with E-state index in [4.69, 9.17) is 4.74 Å². The summed E-state index contributed by atoms with van der Waals surface area (Å²) in [5.74, 6) is -0.853. The third-order valence-electron chi connectivity index (χ3n) is 2.40. The fraction of sp³-hybridized carbons (Fsp3) is 0.417. The van der Waals surface area contributed by atoms with Gasteiger partial charge in [0, 0.05) is 7.11 Å². The van der Waals surface area contributed by atoms with E-state index in [0.29, 0.717) is 6.61 Å². The summed E-state index contributed by atoms with van der Waals surface area (Å²) in [6, 6.07) is 6.80. The second-order valence-electron chi connectivity index (χ2n) is 3.84. The van der Waals surface area contributed by atoms with Crippen LogP contribution in [-0.4, -0.2) is 37.2 Å². The quantitative estimate of drug-likeness (QED) is 0.822. The molecular weight excluding hydrogens is 206 g/mol. The molecule has 1 aromatic rings. The molecule has 1 atom stereocenters. The van der Waals surface area contributed by atoms with E-state index < -0.39 is 12.0 Å². The zero-order valence-electron chi connectivity index (χ0n) is 9.80. The smallest absolute Gasteiger partial charge is 0.325 e. The lowest BCUT2D eigenvalue weighted by atomic mass is 10.00. The summed E-state index contributed by atoms with van der Waals surface area (Å²) in [6.45, 7) is 0.424. The molecule has 1 N–H and O–H groups in total. The van der Waals surface area contributed by atoms with Crippen LogP contribution in [0.4, 0.5) is 0 Å². The Morgan fingerprint density at radius 2 is 2.06 bits per heavy atom. The van der Waals surface area contributed by atoms with Gasteiger partial charge in [-0.05, 0) is 25.2 Å². The van der Waals surface area contributed by atoms with Crippen molar-refractivity contribution in [2.45, 2.75) is 12.6 Å². The zero-order chi connectivity index (χ0) is 12.1. The van der Waals surface area contributed by atoms with E-state index in [0.717, 1.165) is 11.1 Å². The minimum Gasteiger partial charge on any atom is -0.480 e. The van der Waals surface area contributed by atoms with Gasteiger partial charge in [0.25, 0.3) is 0 Å². The molecule has 0 aliphatic rings. The van der Waals surface area contributed by atoms with E-state index in [1.807, 2.05) is 24.3 Å². The van der Waals surface area contributed by atoms with E-state index in [9.17, 15) is 9.90 Å². The first-order valence-corrected chi connectivity index (χ1v) is 5.04. The van der Waals surface area contributed by atoms with Gasteiger partial charge in [-0.15, -0.1) is 0 Å². The summed E-state index contributed by atoms with van der Waals surface area (Å²) in [5.41, 5.74) is 1.69. The maximum atomic E-state index is 11.2. The number of aliphatic carboxylic acids is 1. The second kappa shape index (κ2) is 5.63. The van der Waals surface area contributed by atoms with Crippen LogP contribution in [-0.2, 0) is 16.1 Å². The molecule has 88 valence electrons. The topological polar surface area (TPSA) is 49.8 Å². The van der Waals surface area contributed by atoms with Crippen LogP contribution in [0.25, 0.3) is 0 Å². The number of carbonyl (C=O) groups is 1. The molecule has 1 rings (SSSR count). The predicted octanol–water partition coefficient (Wildman–Crippen LogP) is 1.52. The molecule has 4 heteroatoms. The number of ether oxygens (including phenoxy) is 1. The molecule has 0 saturated heterocycles. The first-order chi connectivity index (χ1) is 7.57. The monoisotopic (exact) mass is 223 g/mol. The Kier molecular flexibility index (Phi) is 4.46. The summed E-state index contributed by atoms with van der Waals surface area (Å²) < 4.78 is 5.07. The van der Waals surface area contributed by atoms with Gasteiger partial charge in [0.15, 0.2) is 0 Å². The van der Waals surface area contributed by atoms with E-state index in [2.05, 4.69) is 0 Å². The summed E-state index contributed by atoms with van der Waals surface area (Å²) in [7, 11) is 5.10. The second-order valence-corrected chi connectivity index (χ2v) is 3.84. The van der Waals surface area contributed by atoms with Gasteiger partial charge in [-0.1, -0.05) is 24.3 Å². The molecule has 16 heavy (non-hydrogen) atoms. The predicted molar refractivity (Wildman–Crippen MR) is 61.2 cm³/mol. The lowest BCUT2D eigenvalue weighted by Crippen LogP contribution is -2.28. The maximum absolute atomic E-state index is 11.2. The highest BCUT2D eigenvalue weighted by Gasteiger charge is 2.24. The number of hydrogen-bond acceptors (Lipinski definition) is 3. The molecule has 0 aliphatic heterocycles. The highest BCUT2D eigenvalue weighted by Crippen LogP contribution is 2.22. The van der Waals surface area contributed by atoms with Gasteiger partial charge in [0.05, 0.1) is 6.61 Å². The Hall–Kier alpha value is -1.39. The van der Waals surface area contributed by atoms with Crippen molar-refractivity contribution >= 4 is 5.97 Å². The number of carboxylic acid groups (broad SMARTS) is 1. The number of methoxy groups -OCH3 is 1. The number of nitrogens with zero attached hydrogens (tertiary/aromatic N) is 1. The number of hydrogen-bond donors (Lipinski definition) is 1. The Morgan fingerprint density at radius 3 is 2.56 bits per heavy atom. The molecule has 0 fully saturated rings. The standard InChI is InChI=1S/C12H17NO3/c1-13(2)11(12(14)15)10-7-5-4-6-9(10)8-16-3/h4-7,11H,8H2,1-3H3,(H,14,15). The van der Waals surface area contributed by atoms with Crippen molar-refractivity contribution in [3.63, 3.8) is 0 Å². The van der Waals surface area contributed by atoms with Crippen molar-refractivity contribution in [3.8, 4) is 0 Å². The molecule has 0 amide bonds. The number of rotatable bonds is 5. The van der Waals surface area contributed by atoms with Gasteiger partial charge in [0.1, 0.15) is 6.04 Å². The average Bonchev–Trinajstić information content (AvgIpc) is 2.20. The molecule has 0 radical (unpaired) electrons. The van der Waals surface area contributed by atoms with Gasteiger partial charge in [-0.25, -0.2) is 0 Å². The fourth-order valence-corrected chi connectivity index (χ4v) is 1.72. The minimum atomic E-state index is -0.853. The molecule has 0 saturated carbocycles. The molecule has 0 heterocycles. The van der Waals surface area contributed by atoms with Crippen LogP contribution in [0.5, 0.6) is 0 Å². The normalized spacial score (nSPS) is 12.8. The number of benzene rings is 1. The van der Waals surface area contributed by atoms with Crippen LogP contribution in [0, 0.1) is 0 Å². The van der Waals surface area contributed by atoms with Crippen LogP contribution in [0.1, 0.15) is 17.2 Å². The lowest BCUT2D eigenvalue weighted by molar-refractivity contribution is -0.142. The fourth-order valence-electron chi connectivity index (χ4n) is 1.72. The minimum absolute atomic E-state index is 0.424. The molecule has 1 aromatic carbocycles. The molecule has 4 nitrogen and oxygen atoms in total. The molecule has 1 unspecified atom stereocenters. The van der Waals surface area contributed by atoms with Crippen molar-refractivity contribution in [3.05, 3.63) is 35.4 Å². The SMILES string of the molecule is COCc1ccccc1C(C(=O)O)N(C)C. The Morgan fingerprint density at radius 1 is 1.44 bits per heavy atom. The average molecular weight is 223 g/mol. The Labute approximate surface area is 95.5 Å². The largest absolute Gasteiger partial charge is 0.480 e. The maximum Gasteiger partial charge on any atom is 0.325 e.